The maximum Gasteiger partial charge on any atom is 0.319 e. The Labute approximate surface area is 120 Å². The van der Waals surface area contributed by atoms with E-state index < -0.39 is 0 Å². The quantitative estimate of drug-likeness (QED) is 0.660. The molecule has 0 heterocycles. The van der Waals surface area contributed by atoms with Gasteiger partial charge in [-0.1, -0.05) is 12.8 Å². The molecule has 0 aromatic carbocycles. The Morgan fingerprint density at radius 3 is 2.45 bits per heavy atom. The average molecular weight is 286 g/mol. The van der Waals surface area contributed by atoms with Crippen LogP contribution < -0.4 is 5.32 Å². The van der Waals surface area contributed by atoms with Crippen molar-refractivity contribution in [3.05, 3.63) is 0 Å². The van der Waals surface area contributed by atoms with E-state index >= 15 is 0 Å². The summed E-state index contributed by atoms with van der Waals surface area (Å²) in [5.74, 6) is -0.375. The lowest BCUT2D eigenvalue weighted by molar-refractivity contribution is -0.143. The van der Waals surface area contributed by atoms with Gasteiger partial charge in [-0.25, -0.2) is 0 Å². The summed E-state index contributed by atoms with van der Waals surface area (Å²) in [6.45, 7) is 2.77. The fourth-order valence-corrected chi connectivity index (χ4v) is 2.61. The van der Waals surface area contributed by atoms with Crippen molar-refractivity contribution in [1.82, 2.24) is 10.2 Å². The van der Waals surface area contributed by atoms with Crippen molar-refractivity contribution >= 4 is 11.9 Å². The molecule has 1 amide bonds. The smallest absolute Gasteiger partial charge is 0.319 e. The van der Waals surface area contributed by atoms with Gasteiger partial charge in [0, 0.05) is 19.2 Å². The minimum Gasteiger partial charge on any atom is -0.468 e. The fourth-order valence-electron chi connectivity index (χ4n) is 2.61. The van der Waals surface area contributed by atoms with Crippen LogP contribution >= 0.6 is 0 Å². The zero-order valence-electron chi connectivity index (χ0n) is 12.7. The van der Waals surface area contributed by atoms with E-state index in [1.165, 1.54) is 7.11 Å². The number of amides is 1. The molecule has 0 bridgehead atoms. The van der Waals surface area contributed by atoms with Crippen LogP contribution in [0.4, 0.5) is 0 Å². The number of methoxy groups -OCH3 is 2. The topological polar surface area (TPSA) is 67.9 Å². The van der Waals surface area contributed by atoms with Crippen LogP contribution in [0.3, 0.4) is 0 Å². The van der Waals surface area contributed by atoms with Crippen LogP contribution in [-0.2, 0) is 19.1 Å². The number of carbonyl (C=O) groups is 2. The molecule has 1 fully saturated rings. The van der Waals surface area contributed by atoms with Gasteiger partial charge in [0.05, 0.1) is 26.8 Å². The number of nitrogens with one attached hydrogen (secondary N) is 1. The van der Waals surface area contributed by atoms with Gasteiger partial charge in [-0.2, -0.15) is 0 Å². The fraction of sp³-hybridized carbons (Fsp3) is 0.857. The second-order valence-corrected chi connectivity index (χ2v) is 5.34. The van der Waals surface area contributed by atoms with E-state index in [1.807, 2.05) is 11.8 Å². The van der Waals surface area contributed by atoms with Gasteiger partial charge in [0.25, 0.3) is 0 Å². The Kier molecular flexibility index (Phi) is 7.54. The highest BCUT2D eigenvalue weighted by Crippen LogP contribution is 2.23. The molecule has 1 atom stereocenters. The van der Waals surface area contributed by atoms with E-state index in [0.717, 1.165) is 25.7 Å². The van der Waals surface area contributed by atoms with Crippen LogP contribution in [0.1, 0.15) is 32.6 Å². The Hall–Kier alpha value is -1.14. The summed E-state index contributed by atoms with van der Waals surface area (Å²) in [5, 5.41) is 2.87. The summed E-state index contributed by atoms with van der Waals surface area (Å²) in [7, 11) is 2.97. The van der Waals surface area contributed by atoms with E-state index in [9.17, 15) is 9.59 Å². The van der Waals surface area contributed by atoms with Gasteiger partial charge in [-0.3, -0.25) is 14.5 Å². The molecule has 1 aliphatic carbocycles. The van der Waals surface area contributed by atoms with Crippen molar-refractivity contribution in [2.24, 2.45) is 0 Å². The molecule has 0 aromatic heterocycles. The lowest BCUT2D eigenvalue weighted by Gasteiger charge is -2.27. The first-order valence-corrected chi connectivity index (χ1v) is 7.16. The van der Waals surface area contributed by atoms with E-state index in [0.29, 0.717) is 12.6 Å². The third-order valence-electron chi connectivity index (χ3n) is 3.57. The number of esters is 1. The first kappa shape index (κ1) is 16.9. The molecule has 1 aliphatic rings. The number of rotatable bonds is 8. The predicted octanol–water partition coefficient (Wildman–Crippen LogP) is 0.555. The van der Waals surface area contributed by atoms with E-state index in [-0.39, 0.29) is 31.0 Å². The number of hydrogen-bond acceptors (Lipinski definition) is 5. The molecule has 0 aliphatic heterocycles. The molecule has 0 spiro atoms. The molecule has 6 nitrogen and oxygen atoms in total. The Balaban J connectivity index is 2.50. The molecule has 20 heavy (non-hydrogen) atoms. The monoisotopic (exact) mass is 286 g/mol. The zero-order valence-corrected chi connectivity index (χ0v) is 12.7. The van der Waals surface area contributed by atoms with Crippen molar-refractivity contribution in [2.75, 3.05) is 33.9 Å². The van der Waals surface area contributed by atoms with Crippen molar-refractivity contribution in [2.45, 2.75) is 44.7 Å². The SMILES string of the molecule is COCC(C)NC(=O)CN(CC(=O)OC)C1CCCC1. The van der Waals surface area contributed by atoms with Gasteiger partial charge in [0.15, 0.2) is 0 Å². The van der Waals surface area contributed by atoms with Crippen LogP contribution in [0, 0.1) is 0 Å². The van der Waals surface area contributed by atoms with Crippen LogP contribution in [0.5, 0.6) is 0 Å². The maximum absolute atomic E-state index is 12.0. The summed E-state index contributed by atoms with van der Waals surface area (Å²) < 4.78 is 9.70. The Morgan fingerprint density at radius 1 is 1.25 bits per heavy atom. The summed E-state index contributed by atoms with van der Waals surface area (Å²) in [6.07, 6.45) is 4.39. The van der Waals surface area contributed by atoms with E-state index in [1.54, 1.807) is 7.11 Å². The van der Waals surface area contributed by atoms with Gasteiger partial charge >= 0.3 is 5.97 Å². The number of nitrogens with zero attached hydrogens (tertiary/aromatic N) is 1. The molecule has 1 N–H and O–H groups in total. The first-order valence-electron chi connectivity index (χ1n) is 7.16. The van der Waals surface area contributed by atoms with E-state index in [2.05, 4.69) is 5.32 Å². The largest absolute Gasteiger partial charge is 0.468 e. The van der Waals surface area contributed by atoms with Crippen LogP contribution in [0.25, 0.3) is 0 Å². The normalized spacial score (nSPS) is 17.2. The van der Waals surface area contributed by atoms with E-state index in [4.69, 9.17) is 9.47 Å². The first-order chi connectivity index (χ1) is 9.56. The molecule has 1 saturated carbocycles. The van der Waals surface area contributed by atoms with Crippen molar-refractivity contribution in [3.8, 4) is 0 Å². The predicted molar refractivity (Wildman–Crippen MR) is 75.3 cm³/mol. The lowest BCUT2D eigenvalue weighted by Crippen LogP contribution is -2.47. The van der Waals surface area contributed by atoms with Crippen molar-refractivity contribution in [3.63, 3.8) is 0 Å². The molecular formula is C14H26N2O4. The van der Waals surface area contributed by atoms with Gasteiger partial charge in [0.2, 0.25) is 5.91 Å². The molecule has 6 heteroatoms. The molecule has 0 radical (unpaired) electrons. The summed E-state index contributed by atoms with van der Waals surface area (Å²) in [6, 6.07) is 0.272. The van der Waals surface area contributed by atoms with Gasteiger partial charge < -0.3 is 14.8 Å². The van der Waals surface area contributed by atoms with Crippen molar-refractivity contribution < 1.29 is 19.1 Å². The van der Waals surface area contributed by atoms with Crippen LogP contribution in [0.2, 0.25) is 0 Å². The standard InChI is InChI=1S/C14H26N2O4/c1-11(10-19-2)15-13(17)8-16(9-14(18)20-3)12-6-4-5-7-12/h11-12H,4-10H2,1-3H3,(H,15,17). The molecule has 0 saturated heterocycles. The van der Waals surface area contributed by atoms with Gasteiger partial charge in [0.1, 0.15) is 0 Å². The highest BCUT2D eigenvalue weighted by molar-refractivity contribution is 5.79. The lowest BCUT2D eigenvalue weighted by atomic mass is 10.2. The van der Waals surface area contributed by atoms with Crippen LogP contribution in [-0.4, -0.2) is 62.8 Å². The second-order valence-electron chi connectivity index (χ2n) is 5.34. The average Bonchev–Trinajstić information content (AvgIpc) is 2.91. The van der Waals surface area contributed by atoms with Gasteiger partial charge in [-0.15, -0.1) is 0 Å². The minimum absolute atomic E-state index is 0.0314. The summed E-state index contributed by atoms with van der Waals surface area (Å²) in [5.41, 5.74) is 0. The number of carbonyl (C=O) groups excluding carboxylic acids is 2. The van der Waals surface area contributed by atoms with Gasteiger partial charge in [-0.05, 0) is 19.8 Å². The third-order valence-corrected chi connectivity index (χ3v) is 3.57. The maximum atomic E-state index is 12.0. The van der Waals surface area contributed by atoms with Crippen molar-refractivity contribution in [1.29, 1.82) is 0 Å². The molecule has 1 rings (SSSR count). The Morgan fingerprint density at radius 2 is 1.90 bits per heavy atom. The molecular weight excluding hydrogens is 260 g/mol. The molecule has 0 aromatic rings. The third kappa shape index (κ3) is 5.88. The molecule has 116 valence electrons. The highest BCUT2D eigenvalue weighted by atomic mass is 16.5. The highest BCUT2D eigenvalue weighted by Gasteiger charge is 2.26. The summed E-state index contributed by atoms with van der Waals surface area (Å²) in [4.78, 5) is 25.4. The minimum atomic E-state index is -0.297. The van der Waals surface area contributed by atoms with Crippen LogP contribution in [0.15, 0.2) is 0 Å². The summed E-state index contributed by atoms with van der Waals surface area (Å²) >= 11 is 0. The number of hydrogen-bond donors (Lipinski definition) is 1. The molecule has 1 unspecified atom stereocenters. The zero-order chi connectivity index (χ0) is 15.0. The Bertz CT molecular complexity index is 316. The second kappa shape index (κ2) is 8.92. The number of ether oxygens (including phenoxy) is 2.